The van der Waals surface area contributed by atoms with Gasteiger partial charge in [-0.25, -0.2) is 8.42 Å². The summed E-state index contributed by atoms with van der Waals surface area (Å²) in [5.41, 5.74) is 0.947. The summed E-state index contributed by atoms with van der Waals surface area (Å²) >= 11 is 0. The lowest BCUT2D eigenvalue weighted by Gasteiger charge is -2.34. The van der Waals surface area contributed by atoms with Crippen LogP contribution in [-0.4, -0.2) is 80.9 Å². The number of amides is 1. The number of piperazine rings is 1. The highest BCUT2D eigenvalue weighted by molar-refractivity contribution is 7.89. The molecule has 2 rings (SSSR count). The Kier molecular flexibility index (Phi) is 7.01. The number of halogens is 3. The molecule has 0 N–H and O–H groups in total. The van der Waals surface area contributed by atoms with Crippen LogP contribution in [0.4, 0.5) is 13.2 Å². The van der Waals surface area contributed by atoms with Crippen LogP contribution in [0.15, 0.2) is 29.2 Å². The van der Waals surface area contributed by atoms with Gasteiger partial charge in [-0.05, 0) is 23.1 Å². The molecular formula is C19H28F3N3O3S. The average Bonchev–Trinajstić information content (AvgIpc) is 2.60. The van der Waals surface area contributed by atoms with Crippen LogP contribution in [0.5, 0.6) is 0 Å². The van der Waals surface area contributed by atoms with E-state index in [0.29, 0.717) is 4.90 Å². The average molecular weight is 436 g/mol. The van der Waals surface area contributed by atoms with E-state index in [-0.39, 0.29) is 43.0 Å². The number of sulfonamides is 1. The van der Waals surface area contributed by atoms with Gasteiger partial charge in [0.15, 0.2) is 0 Å². The molecule has 0 radical (unpaired) electrons. The molecule has 164 valence electrons. The Bertz CT molecular complexity index is 810. The maximum atomic E-state index is 12.8. The van der Waals surface area contributed by atoms with Crippen LogP contribution in [0, 0.1) is 0 Å². The lowest BCUT2D eigenvalue weighted by atomic mass is 9.87. The molecule has 0 saturated carbocycles. The lowest BCUT2D eigenvalue weighted by Crippen LogP contribution is -2.51. The SMILES string of the molecule is CN(CC(F)(F)F)C(=O)CN1CCN(S(=O)(=O)c2ccc(C(C)(C)C)cc2)CC1. The molecule has 0 spiro atoms. The Hall–Kier alpha value is -1.65. The number of carbonyl (C=O) groups excluding carboxylic acids is 1. The molecule has 1 saturated heterocycles. The zero-order valence-electron chi connectivity index (χ0n) is 17.2. The third-order valence-corrected chi connectivity index (χ3v) is 6.80. The number of alkyl halides is 3. The third kappa shape index (κ3) is 6.42. The van der Waals surface area contributed by atoms with Crippen LogP contribution < -0.4 is 0 Å². The van der Waals surface area contributed by atoms with E-state index >= 15 is 0 Å². The predicted octanol–water partition coefficient (Wildman–Crippen LogP) is 2.31. The van der Waals surface area contributed by atoms with Gasteiger partial charge in [0.05, 0.1) is 11.4 Å². The first-order chi connectivity index (χ1) is 13.2. The first-order valence-corrected chi connectivity index (χ1v) is 10.8. The number of rotatable bonds is 5. The molecule has 0 aromatic heterocycles. The second-order valence-corrected chi connectivity index (χ2v) is 10.3. The van der Waals surface area contributed by atoms with Crippen molar-refractivity contribution in [1.82, 2.24) is 14.1 Å². The van der Waals surface area contributed by atoms with Gasteiger partial charge in [-0.1, -0.05) is 32.9 Å². The summed E-state index contributed by atoms with van der Waals surface area (Å²) in [6, 6.07) is 6.80. The molecule has 1 fully saturated rings. The van der Waals surface area contributed by atoms with Crippen LogP contribution >= 0.6 is 0 Å². The van der Waals surface area contributed by atoms with Crippen LogP contribution in [0.25, 0.3) is 0 Å². The van der Waals surface area contributed by atoms with Gasteiger partial charge < -0.3 is 4.90 Å². The smallest absolute Gasteiger partial charge is 0.336 e. The number of benzene rings is 1. The van der Waals surface area contributed by atoms with Crippen molar-refractivity contribution in [2.45, 2.75) is 37.3 Å². The molecule has 0 aliphatic carbocycles. The molecule has 1 aliphatic rings. The Morgan fingerprint density at radius 1 is 1.03 bits per heavy atom. The topological polar surface area (TPSA) is 60.9 Å². The molecule has 1 aromatic carbocycles. The third-order valence-electron chi connectivity index (χ3n) is 4.89. The maximum absolute atomic E-state index is 12.8. The van der Waals surface area contributed by atoms with E-state index in [1.165, 1.54) is 4.31 Å². The van der Waals surface area contributed by atoms with E-state index in [2.05, 4.69) is 0 Å². The van der Waals surface area contributed by atoms with E-state index in [0.717, 1.165) is 12.6 Å². The van der Waals surface area contributed by atoms with Gasteiger partial charge in [0, 0.05) is 33.2 Å². The molecule has 1 aliphatic heterocycles. The molecule has 0 bridgehead atoms. The summed E-state index contributed by atoms with van der Waals surface area (Å²) in [6.07, 6.45) is -4.44. The van der Waals surface area contributed by atoms with Crippen molar-refractivity contribution in [2.24, 2.45) is 0 Å². The van der Waals surface area contributed by atoms with Gasteiger partial charge >= 0.3 is 6.18 Å². The zero-order chi connectivity index (χ0) is 22.0. The summed E-state index contributed by atoms with van der Waals surface area (Å²) in [4.78, 5) is 14.5. The van der Waals surface area contributed by atoms with Crippen molar-refractivity contribution in [1.29, 1.82) is 0 Å². The molecule has 6 nitrogen and oxygen atoms in total. The summed E-state index contributed by atoms with van der Waals surface area (Å²) in [6.45, 7) is 5.59. The summed E-state index contributed by atoms with van der Waals surface area (Å²) in [7, 11) is -2.55. The van der Waals surface area contributed by atoms with E-state index < -0.39 is 28.7 Å². The number of carbonyl (C=O) groups is 1. The molecule has 1 heterocycles. The molecule has 10 heteroatoms. The minimum absolute atomic E-state index is 0.0836. The van der Waals surface area contributed by atoms with E-state index in [1.807, 2.05) is 20.8 Å². The van der Waals surface area contributed by atoms with Crippen molar-refractivity contribution < 1.29 is 26.4 Å². The number of hydrogen-bond donors (Lipinski definition) is 0. The minimum atomic E-state index is -4.44. The highest BCUT2D eigenvalue weighted by Gasteiger charge is 2.33. The van der Waals surface area contributed by atoms with Crippen LogP contribution in [0.2, 0.25) is 0 Å². The van der Waals surface area contributed by atoms with Crippen molar-refractivity contribution in [2.75, 3.05) is 46.3 Å². The normalized spacial score (nSPS) is 17.3. The van der Waals surface area contributed by atoms with Crippen LogP contribution in [-0.2, 0) is 20.2 Å². The van der Waals surface area contributed by atoms with Crippen LogP contribution in [0.1, 0.15) is 26.3 Å². The van der Waals surface area contributed by atoms with Gasteiger partial charge in [0.1, 0.15) is 6.54 Å². The van der Waals surface area contributed by atoms with Crippen LogP contribution in [0.3, 0.4) is 0 Å². The quantitative estimate of drug-likeness (QED) is 0.712. The molecule has 1 aromatic rings. The minimum Gasteiger partial charge on any atom is -0.336 e. The monoisotopic (exact) mass is 435 g/mol. The Morgan fingerprint density at radius 2 is 1.55 bits per heavy atom. The van der Waals surface area contributed by atoms with E-state index in [4.69, 9.17) is 0 Å². The first kappa shape index (κ1) is 23.6. The Labute approximate surface area is 170 Å². The predicted molar refractivity (Wildman–Crippen MR) is 104 cm³/mol. The highest BCUT2D eigenvalue weighted by atomic mass is 32.2. The number of likely N-dealkylation sites (N-methyl/N-ethyl adjacent to an activating group) is 1. The second-order valence-electron chi connectivity index (χ2n) is 8.32. The van der Waals surface area contributed by atoms with Gasteiger partial charge in [0.2, 0.25) is 15.9 Å². The number of nitrogens with zero attached hydrogens (tertiary/aromatic N) is 3. The standard InChI is InChI=1S/C19H28F3N3O3S/c1-18(2,3)15-5-7-16(8-6-15)29(27,28)25-11-9-24(10-12-25)13-17(26)23(4)14-19(20,21)22/h5-8H,9-14H2,1-4H3. The molecule has 1 amide bonds. The Morgan fingerprint density at radius 3 is 2.00 bits per heavy atom. The Balaban J connectivity index is 1.95. The fourth-order valence-electron chi connectivity index (χ4n) is 3.07. The zero-order valence-corrected chi connectivity index (χ0v) is 18.0. The summed E-state index contributed by atoms with van der Waals surface area (Å²) < 4.78 is 64.2. The van der Waals surface area contributed by atoms with Gasteiger partial charge in [0.25, 0.3) is 0 Å². The van der Waals surface area contributed by atoms with Gasteiger partial charge in [-0.15, -0.1) is 0 Å². The molecular weight excluding hydrogens is 407 g/mol. The van der Waals surface area contributed by atoms with Crippen molar-refractivity contribution in [3.8, 4) is 0 Å². The molecule has 0 unspecified atom stereocenters. The van der Waals surface area contributed by atoms with Crippen molar-refractivity contribution >= 4 is 15.9 Å². The van der Waals surface area contributed by atoms with E-state index in [1.54, 1.807) is 29.2 Å². The van der Waals surface area contributed by atoms with Crippen molar-refractivity contribution in [3.63, 3.8) is 0 Å². The van der Waals surface area contributed by atoms with Gasteiger partial charge in [-0.2, -0.15) is 17.5 Å². The summed E-state index contributed by atoms with van der Waals surface area (Å²) in [5, 5.41) is 0. The lowest BCUT2D eigenvalue weighted by molar-refractivity contribution is -0.159. The second kappa shape index (κ2) is 8.61. The molecule has 0 atom stereocenters. The largest absolute Gasteiger partial charge is 0.406 e. The maximum Gasteiger partial charge on any atom is 0.406 e. The first-order valence-electron chi connectivity index (χ1n) is 9.34. The van der Waals surface area contributed by atoms with Crippen molar-refractivity contribution in [3.05, 3.63) is 29.8 Å². The summed E-state index contributed by atoms with van der Waals surface area (Å²) in [5.74, 6) is -0.642. The fraction of sp³-hybridized carbons (Fsp3) is 0.632. The van der Waals surface area contributed by atoms with Gasteiger partial charge in [-0.3, -0.25) is 9.69 Å². The number of hydrogen-bond acceptors (Lipinski definition) is 4. The van der Waals surface area contributed by atoms with E-state index in [9.17, 15) is 26.4 Å². The fourth-order valence-corrected chi connectivity index (χ4v) is 4.50. The highest BCUT2D eigenvalue weighted by Crippen LogP contribution is 2.25. The molecule has 29 heavy (non-hydrogen) atoms.